The molecular formula is C19H15F4N3O. The molecule has 27 heavy (non-hydrogen) atoms. The molecule has 3 rings (SSSR count). The number of nitrogens with zero attached hydrogens (tertiary/aromatic N) is 3. The fourth-order valence-corrected chi connectivity index (χ4v) is 3.06. The largest absolute Gasteiger partial charge is 0.419 e. The van der Waals surface area contributed by atoms with Crippen LogP contribution >= 0.6 is 0 Å². The summed E-state index contributed by atoms with van der Waals surface area (Å²) < 4.78 is 51.9. The number of anilines is 1. The van der Waals surface area contributed by atoms with Gasteiger partial charge in [0.15, 0.2) is 0 Å². The lowest BCUT2D eigenvalue weighted by Crippen LogP contribution is -2.50. The van der Waals surface area contributed by atoms with Crippen molar-refractivity contribution in [1.82, 2.24) is 4.90 Å². The number of hydrogen-bond donors (Lipinski definition) is 0. The van der Waals surface area contributed by atoms with Crippen molar-refractivity contribution in [3.05, 3.63) is 65.0 Å². The van der Waals surface area contributed by atoms with Crippen LogP contribution < -0.4 is 4.90 Å². The third kappa shape index (κ3) is 4.09. The van der Waals surface area contributed by atoms with Crippen LogP contribution in [0, 0.1) is 17.1 Å². The minimum absolute atomic E-state index is 0.00150. The van der Waals surface area contributed by atoms with Crippen molar-refractivity contribution in [2.75, 3.05) is 24.5 Å². The molecule has 0 spiro atoms. The number of hydrogen-bond acceptors (Lipinski definition) is 3. The number of piperazine rings is 1. The number of halogens is 4. The summed E-state index contributed by atoms with van der Waals surface area (Å²) in [4.78, 5) is 15.7. The van der Waals surface area contributed by atoms with Gasteiger partial charge in [-0.05, 0) is 29.8 Å². The van der Waals surface area contributed by atoms with Crippen LogP contribution in [0.3, 0.4) is 0 Å². The van der Waals surface area contributed by atoms with E-state index in [4.69, 9.17) is 0 Å². The Kier molecular flexibility index (Phi) is 5.15. The summed E-state index contributed by atoms with van der Waals surface area (Å²) in [5.41, 5.74) is -0.131. The number of benzene rings is 2. The van der Waals surface area contributed by atoms with Gasteiger partial charge in [0.25, 0.3) is 0 Å². The van der Waals surface area contributed by atoms with Crippen molar-refractivity contribution < 1.29 is 22.4 Å². The maximum atomic E-state index is 13.4. The van der Waals surface area contributed by atoms with Gasteiger partial charge >= 0.3 is 6.18 Å². The van der Waals surface area contributed by atoms with Crippen LogP contribution in [0.25, 0.3) is 0 Å². The lowest BCUT2D eigenvalue weighted by Gasteiger charge is -2.34. The molecule has 4 nitrogen and oxygen atoms in total. The van der Waals surface area contributed by atoms with Crippen molar-refractivity contribution >= 4 is 11.6 Å². The summed E-state index contributed by atoms with van der Waals surface area (Å²) in [5, 5.41) is 9.18. The van der Waals surface area contributed by atoms with E-state index >= 15 is 0 Å². The molecule has 8 heteroatoms. The second-order valence-electron chi connectivity index (χ2n) is 6.20. The quantitative estimate of drug-likeness (QED) is 0.769. The normalized spacial score (nSPS) is 15.7. The number of carbonyl (C=O) groups is 1. The van der Waals surface area contributed by atoms with Gasteiger partial charge in [-0.3, -0.25) is 9.69 Å². The Labute approximate surface area is 153 Å². The molecule has 1 fully saturated rings. The Morgan fingerprint density at radius 2 is 1.85 bits per heavy atom. The smallest absolute Gasteiger partial charge is 0.309 e. The molecule has 0 aromatic heterocycles. The highest BCUT2D eigenvalue weighted by Crippen LogP contribution is 2.32. The summed E-state index contributed by atoms with van der Waals surface area (Å²) in [6.07, 6.45) is -4.77. The molecule has 0 bridgehead atoms. The molecule has 140 valence electrons. The summed E-state index contributed by atoms with van der Waals surface area (Å²) in [6, 6.07) is 11.6. The summed E-state index contributed by atoms with van der Waals surface area (Å²) in [7, 11) is 0. The van der Waals surface area contributed by atoms with Gasteiger partial charge in [0.05, 0.1) is 23.4 Å². The third-order valence-electron chi connectivity index (χ3n) is 4.36. The first-order chi connectivity index (χ1) is 12.8. The lowest BCUT2D eigenvalue weighted by atomic mass is 10.1. The van der Waals surface area contributed by atoms with Crippen molar-refractivity contribution in [1.29, 1.82) is 5.26 Å². The third-order valence-corrected chi connectivity index (χ3v) is 4.36. The first-order valence-electron chi connectivity index (χ1n) is 8.17. The highest BCUT2D eigenvalue weighted by Gasteiger charge is 2.34. The first kappa shape index (κ1) is 18.9. The molecule has 0 aliphatic carbocycles. The second-order valence-corrected chi connectivity index (χ2v) is 6.20. The minimum atomic E-state index is -4.77. The van der Waals surface area contributed by atoms with Crippen LogP contribution in [-0.4, -0.2) is 30.4 Å². The Balaban J connectivity index is 1.72. The van der Waals surface area contributed by atoms with E-state index in [0.29, 0.717) is 24.3 Å². The number of alkyl halides is 3. The van der Waals surface area contributed by atoms with Crippen LogP contribution in [0.1, 0.15) is 16.7 Å². The molecule has 1 amide bonds. The number of amides is 1. The Hall–Kier alpha value is -2.92. The second kappa shape index (κ2) is 7.37. The fraction of sp³-hybridized carbons (Fsp3) is 0.263. The maximum Gasteiger partial charge on any atom is 0.419 e. The Morgan fingerprint density at radius 1 is 1.11 bits per heavy atom. The fourth-order valence-electron chi connectivity index (χ4n) is 3.06. The van der Waals surface area contributed by atoms with Gasteiger partial charge in [-0.15, -0.1) is 0 Å². The van der Waals surface area contributed by atoms with Crippen LogP contribution in [-0.2, 0) is 17.5 Å². The van der Waals surface area contributed by atoms with Gasteiger partial charge in [-0.1, -0.05) is 18.2 Å². The zero-order valence-electron chi connectivity index (χ0n) is 14.1. The predicted octanol–water partition coefficient (Wildman–Crippen LogP) is 3.56. The van der Waals surface area contributed by atoms with Gasteiger partial charge in [-0.2, -0.15) is 18.4 Å². The number of nitriles is 1. The van der Waals surface area contributed by atoms with Gasteiger partial charge in [0, 0.05) is 19.6 Å². The molecule has 0 unspecified atom stereocenters. The van der Waals surface area contributed by atoms with E-state index in [2.05, 4.69) is 0 Å². The van der Waals surface area contributed by atoms with Gasteiger partial charge in [-0.25, -0.2) is 4.39 Å². The van der Waals surface area contributed by atoms with E-state index in [9.17, 15) is 27.6 Å². The molecule has 1 aliphatic rings. The van der Waals surface area contributed by atoms with Crippen LogP contribution in [0.2, 0.25) is 0 Å². The molecule has 0 N–H and O–H groups in total. The summed E-state index contributed by atoms with van der Waals surface area (Å²) in [6.45, 7) is 0.830. The lowest BCUT2D eigenvalue weighted by molar-refractivity contribution is -0.140. The number of para-hydroxylation sites is 1. The average molecular weight is 377 g/mol. The SMILES string of the molecule is N#Cc1ccccc1N1CCN(Cc2ccc(F)c(C(F)(F)F)c2)CC1=O. The van der Waals surface area contributed by atoms with Crippen molar-refractivity contribution in [2.24, 2.45) is 0 Å². The van der Waals surface area contributed by atoms with E-state index in [0.717, 1.165) is 12.1 Å². The number of rotatable bonds is 3. The molecule has 0 saturated carbocycles. The van der Waals surface area contributed by atoms with E-state index in [1.54, 1.807) is 29.2 Å². The topological polar surface area (TPSA) is 47.3 Å². The molecule has 1 saturated heterocycles. The van der Waals surface area contributed by atoms with Gasteiger partial charge in [0.2, 0.25) is 5.91 Å². The van der Waals surface area contributed by atoms with E-state index in [-0.39, 0.29) is 24.6 Å². The Morgan fingerprint density at radius 3 is 2.52 bits per heavy atom. The molecule has 1 heterocycles. The van der Waals surface area contributed by atoms with E-state index in [1.807, 2.05) is 6.07 Å². The molecule has 0 atom stereocenters. The maximum absolute atomic E-state index is 13.4. The van der Waals surface area contributed by atoms with E-state index < -0.39 is 17.6 Å². The number of carbonyl (C=O) groups excluding carboxylic acids is 1. The van der Waals surface area contributed by atoms with Crippen molar-refractivity contribution in [3.63, 3.8) is 0 Å². The minimum Gasteiger partial charge on any atom is -0.309 e. The van der Waals surface area contributed by atoms with Crippen molar-refractivity contribution in [3.8, 4) is 6.07 Å². The molecule has 2 aromatic rings. The summed E-state index contributed by atoms with van der Waals surface area (Å²) >= 11 is 0. The zero-order valence-corrected chi connectivity index (χ0v) is 14.1. The van der Waals surface area contributed by atoms with Crippen LogP contribution in [0.5, 0.6) is 0 Å². The predicted molar refractivity (Wildman–Crippen MR) is 90.2 cm³/mol. The first-order valence-corrected chi connectivity index (χ1v) is 8.17. The molecule has 1 aliphatic heterocycles. The van der Waals surface area contributed by atoms with Gasteiger partial charge < -0.3 is 4.90 Å². The average Bonchev–Trinajstić information content (AvgIpc) is 2.62. The standard InChI is InChI=1S/C19H15F4N3O/c20-16-6-5-13(9-15(16)19(21,22)23)11-25-7-8-26(18(27)12-25)17-4-2-1-3-14(17)10-24/h1-6,9H,7-8,11-12H2. The van der Waals surface area contributed by atoms with E-state index in [1.165, 1.54) is 11.0 Å². The highest BCUT2D eigenvalue weighted by molar-refractivity contribution is 5.96. The zero-order chi connectivity index (χ0) is 19.6. The summed E-state index contributed by atoms with van der Waals surface area (Å²) in [5.74, 6) is -1.57. The molecule has 0 radical (unpaired) electrons. The Bertz CT molecular complexity index is 905. The van der Waals surface area contributed by atoms with Crippen LogP contribution in [0.15, 0.2) is 42.5 Å². The monoisotopic (exact) mass is 377 g/mol. The molecular weight excluding hydrogens is 362 g/mol. The van der Waals surface area contributed by atoms with Gasteiger partial charge in [0.1, 0.15) is 11.9 Å². The van der Waals surface area contributed by atoms with Crippen LogP contribution in [0.4, 0.5) is 23.2 Å². The van der Waals surface area contributed by atoms with Crippen molar-refractivity contribution in [2.45, 2.75) is 12.7 Å². The molecule has 2 aromatic carbocycles. The highest BCUT2D eigenvalue weighted by atomic mass is 19.4.